The molecule has 0 aliphatic heterocycles. The highest BCUT2D eigenvalue weighted by Gasteiger charge is 2.20. The summed E-state index contributed by atoms with van der Waals surface area (Å²) in [4.78, 5) is 15.4. The third-order valence-electron chi connectivity index (χ3n) is 10.1. The van der Waals surface area contributed by atoms with Gasteiger partial charge in [0.2, 0.25) is 0 Å². The molecule has 0 spiro atoms. The van der Waals surface area contributed by atoms with Crippen LogP contribution < -0.4 is 0 Å². The highest BCUT2D eigenvalue weighted by atomic mass is 32.1. The molecule has 0 atom stereocenters. The fraction of sp³-hybridized carbons (Fsp3) is 0. The molecule has 0 amide bonds. The van der Waals surface area contributed by atoms with Crippen molar-refractivity contribution < 1.29 is 4.42 Å². The second-order valence-corrected chi connectivity index (χ2v) is 14.2. The van der Waals surface area contributed by atoms with E-state index in [4.69, 9.17) is 19.4 Å². The highest BCUT2D eigenvalue weighted by molar-refractivity contribution is 7.25. The Hall–Kier alpha value is -6.69. The maximum atomic E-state index is 6.56. The second kappa shape index (κ2) is 11.4. The summed E-state index contributed by atoms with van der Waals surface area (Å²) in [5.41, 5.74) is 6.64. The Morgan fingerprint density at radius 3 is 1.87 bits per heavy atom. The van der Waals surface area contributed by atoms with Crippen molar-refractivity contribution in [3.8, 4) is 45.3 Å². The van der Waals surface area contributed by atoms with Crippen molar-refractivity contribution in [2.24, 2.45) is 0 Å². The van der Waals surface area contributed by atoms with Crippen molar-refractivity contribution in [2.75, 3.05) is 0 Å². The van der Waals surface area contributed by atoms with Gasteiger partial charge in [0.25, 0.3) is 0 Å². The van der Waals surface area contributed by atoms with E-state index < -0.39 is 0 Å². The largest absolute Gasteiger partial charge is 0.456 e. The molecular formula is C47H27N3OS. The van der Waals surface area contributed by atoms with E-state index in [1.165, 1.54) is 36.3 Å². The molecule has 0 radical (unpaired) electrons. The predicted molar refractivity (Wildman–Crippen MR) is 217 cm³/mol. The van der Waals surface area contributed by atoms with Crippen LogP contribution >= 0.6 is 11.3 Å². The van der Waals surface area contributed by atoms with Gasteiger partial charge in [-0.2, -0.15) is 0 Å². The van der Waals surface area contributed by atoms with Crippen molar-refractivity contribution in [2.45, 2.75) is 0 Å². The summed E-state index contributed by atoms with van der Waals surface area (Å²) >= 11 is 1.83. The summed E-state index contributed by atoms with van der Waals surface area (Å²) in [6.07, 6.45) is 0. The summed E-state index contributed by atoms with van der Waals surface area (Å²) in [5, 5.41) is 9.38. The Bertz CT molecular complexity index is 3200. The van der Waals surface area contributed by atoms with Gasteiger partial charge in [-0.3, -0.25) is 0 Å². The Morgan fingerprint density at radius 2 is 1.00 bits per heavy atom. The lowest BCUT2D eigenvalue weighted by atomic mass is 9.96. The van der Waals surface area contributed by atoms with Gasteiger partial charge in [-0.05, 0) is 69.1 Å². The molecule has 0 unspecified atom stereocenters. The van der Waals surface area contributed by atoms with Crippen LogP contribution in [0.25, 0.3) is 109 Å². The number of fused-ring (bicyclic) bond motifs is 9. The summed E-state index contributed by atoms with van der Waals surface area (Å²) in [7, 11) is 0. The Balaban J connectivity index is 1.14. The number of benzene rings is 8. The average Bonchev–Trinajstić information content (AvgIpc) is 3.79. The molecule has 242 valence electrons. The van der Waals surface area contributed by atoms with Crippen LogP contribution in [0.15, 0.2) is 168 Å². The maximum absolute atomic E-state index is 6.56. The van der Waals surface area contributed by atoms with E-state index >= 15 is 0 Å². The SMILES string of the molecule is c1ccc(-c2nc(-c3ccc4c(ccc5ccccc54)c3)nc(-c3cccc4oc5cccc(-c6ccc7sc8ccccc8c7c6)c5c34)n2)cc1. The van der Waals surface area contributed by atoms with Crippen LogP contribution in [-0.4, -0.2) is 15.0 Å². The van der Waals surface area contributed by atoms with Gasteiger partial charge in [-0.1, -0.05) is 127 Å². The molecule has 0 fully saturated rings. The summed E-state index contributed by atoms with van der Waals surface area (Å²) < 4.78 is 9.14. The maximum Gasteiger partial charge on any atom is 0.164 e. The van der Waals surface area contributed by atoms with E-state index in [1.54, 1.807) is 0 Å². The average molecular weight is 682 g/mol. The van der Waals surface area contributed by atoms with Gasteiger partial charge in [-0.15, -0.1) is 11.3 Å². The van der Waals surface area contributed by atoms with Crippen LogP contribution in [0.2, 0.25) is 0 Å². The molecule has 52 heavy (non-hydrogen) atoms. The number of thiophene rings is 1. The zero-order chi connectivity index (χ0) is 34.2. The van der Waals surface area contributed by atoms with Crippen molar-refractivity contribution in [3.63, 3.8) is 0 Å². The van der Waals surface area contributed by atoms with Crippen molar-refractivity contribution in [1.82, 2.24) is 15.0 Å². The van der Waals surface area contributed by atoms with E-state index in [9.17, 15) is 0 Å². The molecule has 11 aromatic rings. The third-order valence-corrected chi connectivity index (χ3v) is 11.3. The van der Waals surface area contributed by atoms with Gasteiger partial charge in [0.1, 0.15) is 11.2 Å². The zero-order valence-corrected chi connectivity index (χ0v) is 28.6. The quantitative estimate of drug-likeness (QED) is 0.174. The molecule has 4 nitrogen and oxygen atoms in total. The minimum Gasteiger partial charge on any atom is -0.456 e. The summed E-state index contributed by atoms with van der Waals surface area (Å²) in [5.74, 6) is 1.85. The van der Waals surface area contributed by atoms with Gasteiger partial charge >= 0.3 is 0 Å². The number of furan rings is 1. The van der Waals surface area contributed by atoms with E-state index in [1.807, 2.05) is 59.9 Å². The summed E-state index contributed by atoms with van der Waals surface area (Å²) in [6, 6.07) is 57.4. The zero-order valence-electron chi connectivity index (χ0n) is 27.7. The number of hydrogen-bond acceptors (Lipinski definition) is 5. The Kier molecular flexibility index (Phi) is 6.39. The predicted octanol–water partition coefficient (Wildman–Crippen LogP) is 13.1. The van der Waals surface area contributed by atoms with Crippen LogP contribution in [0.1, 0.15) is 0 Å². The lowest BCUT2D eigenvalue weighted by Gasteiger charge is -2.11. The molecule has 11 rings (SSSR count). The van der Waals surface area contributed by atoms with Crippen molar-refractivity contribution in [1.29, 1.82) is 0 Å². The van der Waals surface area contributed by atoms with Gasteiger partial charge in [-0.25, -0.2) is 15.0 Å². The summed E-state index contributed by atoms with van der Waals surface area (Å²) in [6.45, 7) is 0. The molecule has 0 saturated heterocycles. The molecule has 5 heteroatoms. The highest BCUT2D eigenvalue weighted by Crippen LogP contribution is 2.43. The second-order valence-electron chi connectivity index (χ2n) is 13.2. The normalized spacial score (nSPS) is 11.8. The molecule has 0 saturated carbocycles. The Labute approximate surface area is 302 Å². The Morgan fingerprint density at radius 1 is 0.365 bits per heavy atom. The van der Waals surface area contributed by atoms with Gasteiger partial charge in [0.15, 0.2) is 17.5 Å². The first-order valence-electron chi connectivity index (χ1n) is 17.3. The first-order valence-corrected chi connectivity index (χ1v) is 18.2. The fourth-order valence-electron chi connectivity index (χ4n) is 7.68. The van der Waals surface area contributed by atoms with Crippen LogP contribution in [-0.2, 0) is 0 Å². The first kappa shape index (κ1) is 29.1. The van der Waals surface area contributed by atoms with Crippen molar-refractivity contribution in [3.05, 3.63) is 164 Å². The first-order chi connectivity index (χ1) is 25.7. The van der Waals surface area contributed by atoms with E-state index in [-0.39, 0.29) is 0 Å². The molecule has 0 N–H and O–H groups in total. The van der Waals surface area contributed by atoms with Crippen LogP contribution in [0, 0.1) is 0 Å². The van der Waals surface area contributed by atoms with E-state index in [0.29, 0.717) is 17.5 Å². The number of rotatable bonds is 4. The molecule has 3 aromatic heterocycles. The van der Waals surface area contributed by atoms with Crippen LogP contribution in [0.3, 0.4) is 0 Å². The molecule has 0 bridgehead atoms. The topological polar surface area (TPSA) is 51.8 Å². The van der Waals surface area contributed by atoms with E-state index in [0.717, 1.165) is 55.1 Å². The number of aromatic nitrogens is 3. The molecular weight excluding hydrogens is 655 g/mol. The minimum atomic E-state index is 0.602. The lowest BCUT2D eigenvalue weighted by molar-refractivity contribution is 0.669. The van der Waals surface area contributed by atoms with E-state index in [2.05, 4.69) is 115 Å². The lowest BCUT2D eigenvalue weighted by Crippen LogP contribution is -2.00. The van der Waals surface area contributed by atoms with Gasteiger partial charge in [0, 0.05) is 47.6 Å². The van der Waals surface area contributed by atoms with Crippen LogP contribution in [0.4, 0.5) is 0 Å². The molecule has 8 aromatic carbocycles. The minimum absolute atomic E-state index is 0.602. The monoisotopic (exact) mass is 681 g/mol. The fourth-order valence-corrected chi connectivity index (χ4v) is 8.77. The standard InChI is InChI=1S/C47H27N3OS/c1-2-11-29(12-3-1)45-48-46(32-22-24-34-30(26-32)21-20-28-10-4-5-13-33(28)34)50-47(49-45)37-16-9-18-40-44(37)43-35(15-8-17-39(43)51-40)31-23-25-42-38(27-31)36-14-6-7-19-41(36)52-42/h1-27H. The molecule has 0 aliphatic rings. The van der Waals surface area contributed by atoms with Crippen molar-refractivity contribution >= 4 is 75.0 Å². The number of nitrogens with zero attached hydrogens (tertiary/aromatic N) is 3. The molecule has 0 aliphatic carbocycles. The van der Waals surface area contributed by atoms with Crippen LogP contribution in [0.5, 0.6) is 0 Å². The third kappa shape index (κ3) is 4.57. The number of hydrogen-bond donors (Lipinski definition) is 0. The molecule has 3 heterocycles. The smallest absolute Gasteiger partial charge is 0.164 e. The van der Waals surface area contributed by atoms with Gasteiger partial charge < -0.3 is 4.42 Å². The van der Waals surface area contributed by atoms with Gasteiger partial charge in [0.05, 0.1) is 0 Å².